The Morgan fingerprint density at radius 3 is 2.32 bits per heavy atom. The molecule has 3 aliphatic heterocycles. The average Bonchev–Trinajstić information content (AvgIpc) is 2.62. The molecule has 0 aromatic rings. The molecule has 0 radical (unpaired) electrons. The summed E-state index contributed by atoms with van der Waals surface area (Å²) in [6, 6.07) is 0. The van der Waals surface area contributed by atoms with Gasteiger partial charge in [-0.2, -0.15) is 0 Å². The maximum absolute atomic E-state index is 6.89. The molecule has 0 N–H and O–H groups in total. The van der Waals surface area contributed by atoms with Gasteiger partial charge in [-0.25, -0.2) is 0 Å². The molecule has 0 aromatic carbocycles. The van der Waals surface area contributed by atoms with Crippen LogP contribution in [-0.4, -0.2) is 42.7 Å². The van der Waals surface area contributed by atoms with E-state index in [2.05, 4.69) is 70.6 Å². The van der Waals surface area contributed by atoms with Crippen molar-refractivity contribution in [3.8, 4) is 0 Å². The fourth-order valence-corrected chi connectivity index (χ4v) is 6.28. The van der Waals surface area contributed by atoms with E-state index in [-0.39, 0.29) is 34.6 Å². The van der Waals surface area contributed by atoms with E-state index < -0.39 is 8.32 Å². The molecule has 0 aromatic heterocycles. The van der Waals surface area contributed by atoms with Gasteiger partial charge in [-0.05, 0) is 70.5 Å². The summed E-state index contributed by atoms with van der Waals surface area (Å²) in [5.74, 6) is 0.551. The fourth-order valence-electron chi connectivity index (χ4n) is 4.40. The first-order valence-corrected chi connectivity index (χ1v) is 13.8. The maximum Gasteiger partial charge on any atom is 0.192 e. The van der Waals surface area contributed by atoms with E-state index in [4.69, 9.17) is 13.9 Å². The van der Waals surface area contributed by atoms with Crippen molar-refractivity contribution in [1.82, 2.24) is 0 Å². The first kappa shape index (κ1) is 20.3. The number of rotatable bonds is 2. The summed E-state index contributed by atoms with van der Waals surface area (Å²) in [7, 11) is -1.82. The third-order valence-corrected chi connectivity index (χ3v) is 13.3. The van der Waals surface area contributed by atoms with Gasteiger partial charge < -0.3 is 13.9 Å². The minimum Gasteiger partial charge on any atom is -0.411 e. The van der Waals surface area contributed by atoms with Gasteiger partial charge in [0.15, 0.2) is 8.32 Å². The van der Waals surface area contributed by atoms with Gasteiger partial charge in [0.05, 0.1) is 29.5 Å². The summed E-state index contributed by atoms with van der Waals surface area (Å²) in [6.45, 7) is 18.4. The van der Waals surface area contributed by atoms with Gasteiger partial charge in [0.25, 0.3) is 0 Å². The number of hydrogen-bond acceptors (Lipinski definition) is 3. The van der Waals surface area contributed by atoms with Crippen LogP contribution in [0, 0.1) is 5.92 Å². The molecule has 6 unspecified atom stereocenters. The van der Waals surface area contributed by atoms with Gasteiger partial charge >= 0.3 is 0 Å². The summed E-state index contributed by atoms with van der Waals surface area (Å²) < 4.78 is 20.2. The van der Waals surface area contributed by atoms with E-state index in [0.717, 1.165) is 19.3 Å². The third-order valence-electron chi connectivity index (χ3n) is 7.34. The highest BCUT2D eigenvalue weighted by Gasteiger charge is 2.57. The van der Waals surface area contributed by atoms with E-state index in [1.165, 1.54) is 6.42 Å². The highest BCUT2D eigenvalue weighted by Crippen LogP contribution is 2.51. The zero-order valence-electron chi connectivity index (χ0n) is 17.3. The zero-order chi connectivity index (χ0) is 18.8. The average molecular weight is 434 g/mol. The lowest BCUT2D eigenvalue weighted by atomic mass is 9.75. The second-order valence-electron chi connectivity index (χ2n) is 10.8. The number of halogens is 1. The van der Waals surface area contributed by atoms with E-state index >= 15 is 0 Å². The van der Waals surface area contributed by atoms with Crippen LogP contribution in [0.5, 0.6) is 0 Å². The summed E-state index contributed by atoms with van der Waals surface area (Å²) in [5, 5.41) is 0.223. The van der Waals surface area contributed by atoms with Gasteiger partial charge in [0.1, 0.15) is 0 Å². The van der Waals surface area contributed by atoms with Crippen molar-refractivity contribution < 1.29 is 13.9 Å². The summed E-state index contributed by atoms with van der Waals surface area (Å²) in [5.41, 5.74) is -0.313. The first-order valence-electron chi connectivity index (χ1n) is 9.93. The summed E-state index contributed by atoms with van der Waals surface area (Å²) in [6.07, 6.45) is 4.96. The lowest BCUT2D eigenvalue weighted by molar-refractivity contribution is -0.202. The Balaban J connectivity index is 1.85. The molecule has 6 atom stereocenters. The molecule has 1 saturated carbocycles. The Morgan fingerprint density at radius 2 is 1.72 bits per heavy atom. The van der Waals surface area contributed by atoms with Crippen LogP contribution in [0.3, 0.4) is 0 Å². The standard InChI is InChI=1S/C20H37BrO3Si/c1-18(2,3)25(7,8)24-16-11-13-9-10-20(16,6)22-14-12-15(21)19(4,5)23-17(13)14/h13-17H,9-12H2,1-8H3. The van der Waals surface area contributed by atoms with Crippen molar-refractivity contribution in [3.05, 3.63) is 0 Å². The van der Waals surface area contributed by atoms with Crippen LogP contribution in [0.1, 0.15) is 67.2 Å². The Kier molecular flexibility index (Phi) is 5.12. The van der Waals surface area contributed by atoms with Crippen molar-refractivity contribution in [2.24, 2.45) is 5.92 Å². The van der Waals surface area contributed by atoms with Crippen molar-refractivity contribution in [1.29, 1.82) is 0 Å². The quantitative estimate of drug-likeness (QED) is 0.415. The van der Waals surface area contributed by atoms with E-state index in [1.54, 1.807) is 0 Å². The molecule has 3 nitrogen and oxygen atoms in total. The molecule has 3 saturated heterocycles. The summed E-state index contributed by atoms with van der Waals surface area (Å²) in [4.78, 5) is 0.335. The van der Waals surface area contributed by atoms with Crippen LogP contribution < -0.4 is 0 Å². The van der Waals surface area contributed by atoms with Gasteiger partial charge in [-0.15, -0.1) is 0 Å². The predicted molar refractivity (Wildman–Crippen MR) is 109 cm³/mol. The SMILES string of the molecule is CC1(C)OC2C3CCC(C)(OC2CC1Br)C(O[Si](C)(C)C(C)(C)C)C3. The molecule has 2 bridgehead atoms. The Labute approximate surface area is 163 Å². The molecule has 0 amide bonds. The number of fused-ring (bicyclic) bond motifs is 2. The molecule has 146 valence electrons. The summed E-state index contributed by atoms with van der Waals surface area (Å²) >= 11 is 3.84. The smallest absolute Gasteiger partial charge is 0.192 e. The van der Waals surface area contributed by atoms with Crippen LogP contribution in [0.15, 0.2) is 0 Å². The van der Waals surface area contributed by atoms with Crippen molar-refractivity contribution in [2.75, 3.05) is 0 Å². The van der Waals surface area contributed by atoms with E-state index in [1.807, 2.05) is 0 Å². The van der Waals surface area contributed by atoms with E-state index in [9.17, 15) is 0 Å². The second kappa shape index (κ2) is 6.30. The monoisotopic (exact) mass is 432 g/mol. The van der Waals surface area contributed by atoms with Crippen molar-refractivity contribution in [3.63, 3.8) is 0 Å². The minimum absolute atomic E-state index is 0.135. The lowest BCUT2D eigenvalue weighted by Gasteiger charge is -2.47. The minimum atomic E-state index is -1.82. The van der Waals surface area contributed by atoms with Gasteiger partial charge in [0.2, 0.25) is 0 Å². The van der Waals surface area contributed by atoms with Gasteiger partial charge in [0, 0.05) is 4.83 Å². The topological polar surface area (TPSA) is 27.7 Å². The number of alkyl halides is 1. The highest BCUT2D eigenvalue weighted by atomic mass is 79.9. The van der Waals surface area contributed by atoms with Crippen LogP contribution in [0.25, 0.3) is 0 Å². The number of hydrogen-bond donors (Lipinski definition) is 0. The maximum atomic E-state index is 6.89. The largest absolute Gasteiger partial charge is 0.411 e. The molecular weight excluding hydrogens is 396 g/mol. The number of ether oxygens (including phenoxy) is 2. The second-order valence-corrected chi connectivity index (χ2v) is 16.6. The molecule has 5 heteroatoms. The molecule has 4 fully saturated rings. The Hall–Kier alpha value is 0.577. The Bertz CT molecular complexity index is 516. The predicted octanol–water partition coefficient (Wildman–Crippen LogP) is 5.67. The molecule has 25 heavy (non-hydrogen) atoms. The molecule has 4 rings (SSSR count). The normalized spacial score (nSPS) is 44.3. The highest BCUT2D eigenvalue weighted by molar-refractivity contribution is 9.09. The lowest BCUT2D eigenvalue weighted by Crippen LogP contribution is -2.54. The molecule has 4 aliphatic rings. The molecule has 3 heterocycles. The van der Waals surface area contributed by atoms with Gasteiger partial charge in [-0.1, -0.05) is 36.7 Å². The van der Waals surface area contributed by atoms with Crippen molar-refractivity contribution in [2.45, 2.75) is 120 Å². The van der Waals surface area contributed by atoms with Crippen LogP contribution in [0.2, 0.25) is 18.1 Å². The third kappa shape index (κ3) is 3.65. The van der Waals surface area contributed by atoms with Gasteiger partial charge in [-0.3, -0.25) is 0 Å². The zero-order valence-corrected chi connectivity index (χ0v) is 19.9. The molecular formula is C20H37BrO3Si. The van der Waals surface area contributed by atoms with Crippen LogP contribution >= 0.6 is 15.9 Å². The molecule has 0 spiro atoms. The van der Waals surface area contributed by atoms with Crippen LogP contribution in [0.4, 0.5) is 0 Å². The van der Waals surface area contributed by atoms with E-state index in [0.29, 0.717) is 10.7 Å². The molecule has 1 aliphatic carbocycles. The Morgan fingerprint density at radius 1 is 1.08 bits per heavy atom. The fraction of sp³-hybridized carbons (Fsp3) is 1.00. The van der Waals surface area contributed by atoms with Crippen LogP contribution in [-0.2, 0) is 13.9 Å². The first-order chi connectivity index (χ1) is 11.3. The van der Waals surface area contributed by atoms with Crippen molar-refractivity contribution >= 4 is 24.2 Å².